The molecule has 0 spiro atoms. The maximum Gasteiger partial charge on any atom is 0.419 e. The first-order valence-electron chi connectivity index (χ1n) is 5.89. The van der Waals surface area contributed by atoms with Gasteiger partial charge in [0.2, 0.25) is 0 Å². The van der Waals surface area contributed by atoms with E-state index in [2.05, 4.69) is 10.2 Å². The standard InChI is InChI=1S/C13H13F4N3/c1-12(2,3)20-7-18-19-11(20)8-5-4-6-9(10(8)14)13(15,16)17/h4-7H,1-3H3. The van der Waals surface area contributed by atoms with Crippen LogP contribution in [0.3, 0.4) is 0 Å². The highest BCUT2D eigenvalue weighted by atomic mass is 19.4. The van der Waals surface area contributed by atoms with Crippen LogP contribution in [0.5, 0.6) is 0 Å². The van der Waals surface area contributed by atoms with E-state index in [1.54, 1.807) is 0 Å². The lowest BCUT2D eigenvalue weighted by Gasteiger charge is -2.22. The average molecular weight is 287 g/mol. The lowest BCUT2D eigenvalue weighted by atomic mass is 10.1. The molecule has 108 valence electrons. The highest BCUT2D eigenvalue weighted by molar-refractivity contribution is 5.58. The van der Waals surface area contributed by atoms with E-state index >= 15 is 0 Å². The third kappa shape index (κ3) is 2.52. The molecule has 0 aliphatic carbocycles. The van der Waals surface area contributed by atoms with Crippen molar-refractivity contribution in [2.24, 2.45) is 0 Å². The predicted octanol–water partition coefficient (Wildman–Crippen LogP) is 3.86. The van der Waals surface area contributed by atoms with E-state index in [-0.39, 0.29) is 11.4 Å². The maximum absolute atomic E-state index is 14.1. The van der Waals surface area contributed by atoms with Crippen LogP contribution < -0.4 is 0 Å². The van der Waals surface area contributed by atoms with Gasteiger partial charge in [0.1, 0.15) is 12.1 Å². The fourth-order valence-corrected chi connectivity index (χ4v) is 1.83. The highest BCUT2D eigenvalue weighted by Crippen LogP contribution is 2.35. The van der Waals surface area contributed by atoms with E-state index < -0.39 is 23.1 Å². The molecule has 0 N–H and O–H groups in total. The molecule has 0 fully saturated rings. The Bertz CT molecular complexity index is 623. The number of hydrogen-bond donors (Lipinski definition) is 0. The predicted molar refractivity (Wildman–Crippen MR) is 65.4 cm³/mol. The molecule has 0 radical (unpaired) electrons. The number of nitrogens with zero attached hydrogens (tertiary/aromatic N) is 3. The average Bonchev–Trinajstić information content (AvgIpc) is 2.76. The largest absolute Gasteiger partial charge is 0.419 e. The Balaban J connectivity index is 2.64. The zero-order valence-corrected chi connectivity index (χ0v) is 11.2. The van der Waals surface area contributed by atoms with E-state index in [1.165, 1.54) is 17.0 Å². The number of benzene rings is 1. The summed E-state index contributed by atoms with van der Waals surface area (Å²) >= 11 is 0. The van der Waals surface area contributed by atoms with Crippen LogP contribution in [0.15, 0.2) is 24.5 Å². The number of halogens is 4. The Kier molecular flexibility index (Phi) is 3.31. The molecule has 0 bridgehead atoms. The summed E-state index contributed by atoms with van der Waals surface area (Å²) in [4.78, 5) is 0. The van der Waals surface area contributed by atoms with E-state index in [9.17, 15) is 17.6 Å². The number of alkyl halides is 3. The number of rotatable bonds is 1. The van der Waals surface area contributed by atoms with E-state index in [4.69, 9.17) is 0 Å². The van der Waals surface area contributed by atoms with Crippen LogP contribution in [0, 0.1) is 5.82 Å². The SMILES string of the molecule is CC(C)(C)n1cnnc1-c1cccc(C(F)(F)F)c1F. The minimum atomic E-state index is -4.74. The molecule has 1 aromatic carbocycles. The molecule has 2 aromatic rings. The van der Waals surface area contributed by atoms with Crippen molar-refractivity contribution >= 4 is 0 Å². The van der Waals surface area contributed by atoms with E-state index in [0.717, 1.165) is 6.07 Å². The smallest absolute Gasteiger partial charge is 0.308 e. The van der Waals surface area contributed by atoms with Gasteiger partial charge in [-0.05, 0) is 32.9 Å². The van der Waals surface area contributed by atoms with Crippen LogP contribution in [-0.4, -0.2) is 14.8 Å². The second kappa shape index (κ2) is 4.57. The summed E-state index contributed by atoms with van der Waals surface area (Å²) in [6.07, 6.45) is -3.37. The van der Waals surface area contributed by atoms with E-state index in [0.29, 0.717) is 6.07 Å². The fraction of sp³-hybridized carbons (Fsp3) is 0.385. The number of aromatic nitrogens is 3. The Hall–Kier alpha value is -1.92. The first-order valence-corrected chi connectivity index (χ1v) is 5.89. The Morgan fingerprint density at radius 3 is 2.30 bits per heavy atom. The van der Waals surface area contributed by atoms with Gasteiger partial charge in [-0.15, -0.1) is 10.2 Å². The van der Waals surface area contributed by atoms with Gasteiger partial charge in [0.05, 0.1) is 11.1 Å². The molecule has 1 aromatic heterocycles. The Morgan fingerprint density at radius 1 is 1.10 bits per heavy atom. The summed E-state index contributed by atoms with van der Waals surface area (Å²) in [7, 11) is 0. The van der Waals surface area contributed by atoms with Crippen molar-refractivity contribution in [2.75, 3.05) is 0 Å². The van der Waals surface area contributed by atoms with Crippen molar-refractivity contribution in [1.82, 2.24) is 14.8 Å². The van der Waals surface area contributed by atoms with Gasteiger partial charge in [-0.3, -0.25) is 0 Å². The molecule has 0 amide bonds. The minimum absolute atomic E-state index is 0.0705. The van der Waals surface area contributed by atoms with Gasteiger partial charge in [0.25, 0.3) is 0 Å². The van der Waals surface area contributed by atoms with Gasteiger partial charge in [0.15, 0.2) is 5.82 Å². The summed E-state index contributed by atoms with van der Waals surface area (Å²) in [5, 5.41) is 7.41. The lowest BCUT2D eigenvalue weighted by Crippen LogP contribution is -2.22. The molecule has 0 unspecified atom stereocenters. The summed E-state index contributed by atoms with van der Waals surface area (Å²) in [5.74, 6) is -1.26. The second-order valence-corrected chi connectivity index (χ2v) is 5.36. The second-order valence-electron chi connectivity index (χ2n) is 5.36. The molecule has 7 heteroatoms. The third-order valence-electron chi connectivity index (χ3n) is 2.82. The van der Waals surface area contributed by atoms with Gasteiger partial charge >= 0.3 is 6.18 Å². The molecule has 20 heavy (non-hydrogen) atoms. The van der Waals surface area contributed by atoms with Crippen molar-refractivity contribution in [3.05, 3.63) is 35.9 Å². The van der Waals surface area contributed by atoms with Gasteiger partial charge in [-0.2, -0.15) is 13.2 Å². The van der Waals surface area contributed by atoms with Crippen molar-refractivity contribution < 1.29 is 17.6 Å². The lowest BCUT2D eigenvalue weighted by molar-refractivity contribution is -0.139. The van der Waals surface area contributed by atoms with Gasteiger partial charge in [0, 0.05) is 5.54 Å². The molecule has 0 aliphatic heterocycles. The summed E-state index contributed by atoms with van der Waals surface area (Å²) in [6.45, 7) is 5.47. The molecule has 0 saturated carbocycles. The zero-order chi connectivity index (χ0) is 15.1. The summed E-state index contributed by atoms with van der Waals surface area (Å²) in [5.41, 5.74) is -2.00. The Morgan fingerprint density at radius 2 is 1.75 bits per heavy atom. The third-order valence-corrected chi connectivity index (χ3v) is 2.82. The number of hydrogen-bond acceptors (Lipinski definition) is 2. The van der Waals surface area contributed by atoms with Gasteiger partial charge in [-0.25, -0.2) is 4.39 Å². The molecule has 0 atom stereocenters. The van der Waals surface area contributed by atoms with Crippen molar-refractivity contribution in [3.8, 4) is 11.4 Å². The van der Waals surface area contributed by atoms with Gasteiger partial charge in [-0.1, -0.05) is 6.07 Å². The van der Waals surface area contributed by atoms with Crippen LogP contribution in [0.4, 0.5) is 17.6 Å². The first kappa shape index (κ1) is 14.5. The normalized spacial score (nSPS) is 12.8. The van der Waals surface area contributed by atoms with Crippen molar-refractivity contribution in [3.63, 3.8) is 0 Å². The summed E-state index contributed by atoms with van der Waals surface area (Å²) < 4.78 is 53.8. The fourth-order valence-electron chi connectivity index (χ4n) is 1.83. The monoisotopic (exact) mass is 287 g/mol. The van der Waals surface area contributed by atoms with E-state index in [1.807, 2.05) is 20.8 Å². The molecule has 0 saturated heterocycles. The van der Waals surface area contributed by atoms with Crippen molar-refractivity contribution in [2.45, 2.75) is 32.5 Å². The topological polar surface area (TPSA) is 30.7 Å². The van der Waals surface area contributed by atoms with Crippen LogP contribution in [-0.2, 0) is 11.7 Å². The summed E-state index contributed by atoms with van der Waals surface area (Å²) in [6, 6.07) is 3.12. The molecule has 2 rings (SSSR count). The van der Waals surface area contributed by atoms with Crippen molar-refractivity contribution in [1.29, 1.82) is 0 Å². The quantitative estimate of drug-likeness (QED) is 0.746. The molecule has 0 aliphatic rings. The maximum atomic E-state index is 14.1. The Labute approximate surface area is 113 Å². The zero-order valence-electron chi connectivity index (χ0n) is 11.2. The molecule has 1 heterocycles. The van der Waals surface area contributed by atoms with Gasteiger partial charge < -0.3 is 4.57 Å². The highest BCUT2D eigenvalue weighted by Gasteiger charge is 2.35. The van der Waals surface area contributed by atoms with Crippen LogP contribution in [0.2, 0.25) is 0 Å². The van der Waals surface area contributed by atoms with Crippen LogP contribution in [0.25, 0.3) is 11.4 Å². The van der Waals surface area contributed by atoms with Crippen LogP contribution >= 0.6 is 0 Å². The molecule has 3 nitrogen and oxygen atoms in total. The molecular weight excluding hydrogens is 274 g/mol. The van der Waals surface area contributed by atoms with Crippen LogP contribution in [0.1, 0.15) is 26.3 Å². The first-order chi connectivity index (χ1) is 9.12. The minimum Gasteiger partial charge on any atom is -0.308 e. The molecular formula is C13H13F4N3.